The Kier molecular flexibility index (Phi) is 9.63. The average molecular weight is 744 g/mol. The van der Waals surface area contributed by atoms with Crippen molar-refractivity contribution in [1.82, 2.24) is 15.2 Å². The SMILES string of the molecule is O=C1CCC(N2Cc3cc(-c4ccc5[nH]cc(CCCCCOc6ccc([C@@H]7c8ccc(O)cc8CC[C@@H]7c7ccccc7)cc6)c5c4)ccc3C2=O)C(=O)N1. The Morgan fingerprint density at radius 3 is 2.41 bits per heavy atom. The number of carbonyl (C=O) groups excluding carboxylic acids is 3. The van der Waals surface area contributed by atoms with E-state index < -0.39 is 11.9 Å². The first kappa shape index (κ1) is 35.5. The molecule has 0 saturated carbocycles. The number of unbranched alkanes of at least 4 members (excludes halogenated alkanes) is 2. The van der Waals surface area contributed by atoms with Gasteiger partial charge in [0.15, 0.2) is 0 Å². The van der Waals surface area contributed by atoms with Crippen LogP contribution in [0.2, 0.25) is 0 Å². The van der Waals surface area contributed by atoms with Crippen molar-refractivity contribution in [2.75, 3.05) is 6.61 Å². The molecular formula is C48H45N3O5. The van der Waals surface area contributed by atoms with Crippen LogP contribution in [-0.4, -0.2) is 45.4 Å². The lowest BCUT2D eigenvalue weighted by Gasteiger charge is -2.34. The van der Waals surface area contributed by atoms with E-state index in [-0.39, 0.29) is 24.2 Å². The summed E-state index contributed by atoms with van der Waals surface area (Å²) in [6.45, 7) is 1.02. The first-order valence-corrected chi connectivity index (χ1v) is 19.9. The highest BCUT2D eigenvalue weighted by Crippen LogP contribution is 2.47. The molecule has 5 aromatic carbocycles. The Morgan fingerprint density at radius 1 is 0.750 bits per heavy atom. The number of benzene rings is 5. The molecule has 3 aliphatic rings. The Bertz CT molecular complexity index is 2440. The maximum atomic E-state index is 13.2. The summed E-state index contributed by atoms with van der Waals surface area (Å²) in [6.07, 6.45) is 8.73. The van der Waals surface area contributed by atoms with E-state index in [1.807, 2.05) is 24.3 Å². The summed E-state index contributed by atoms with van der Waals surface area (Å²) in [4.78, 5) is 42.4. The second kappa shape index (κ2) is 15.2. The van der Waals surface area contributed by atoms with Crippen LogP contribution in [0.25, 0.3) is 22.0 Å². The number of fused-ring (bicyclic) bond motifs is 3. The Hall–Kier alpha value is -6.15. The number of phenolic OH excluding ortho intramolecular Hbond substituents is 1. The molecule has 1 fully saturated rings. The van der Waals surface area contributed by atoms with Crippen molar-refractivity contribution in [2.24, 2.45) is 0 Å². The number of nitrogens with one attached hydrogen (secondary N) is 2. The van der Waals surface area contributed by atoms with E-state index >= 15 is 0 Å². The van der Waals surface area contributed by atoms with Gasteiger partial charge in [-0.2, -0.15) is 0 Å². The summed E-state index contributed by atoms with van der Waals surface area (Å²) in [5.74, 6) is 0.962. The molecule has 1 aromatic heterocycles. The van der Waals surface area contributed by atoms with Gasteiger partial charge in [0.05, 0.1) is 6.61 Å². The van der Waals surface area contributed by atoms with Crippen molar-refractivity contribution in [3.05, 3.63) is 154 Å². The third kappa shape index (κ3) is 6.96. The summed E-state index contributed by atoms with van der Waals surface area (Å²) in [5.41, 5.74) is 11.2. The number of amides is 3. The minimum absolute atomic E-state index is 0.158. The normalized spacial score (nSPS) is 19.2. The molecule has 282 valence electrons. The van der Waals surface area contributed by atoms with Crippen molar-refractivity contribution >= 4 is 28.6 Å². The van der Waals surface area contributed by atoms with Gasteiger partial charge in [-0.05, 0) is 144 Å². The molecule has 1 aliphatic carbocycles. The highest BCUT2D eigenvalue weighted by Gasteiger charge is 2.39. The molecule has 3 amide bonds. The predicted molar refractivity (Wildman–Crippen MR) is 217 cm³/mol. The van der Waals surface area contributed by atoms with Crippen LogP contribution < -0.4 is 10.1 Å². The first-order chi connectivity index (χ1) is 27.4. The summed E-state index contributed by atoms with van der Waals surface area (Å²) < 4.78 is 6.21. The number of aromatic hydroxyl groups is 1. The molecule has 56 heavy (non-hydrogen) atoms. The van der Waals surface area contributed by atoms with Crippen LogP contribution in [0.5, 0.6) is 11.5 Å². The first-order valence-electron chi connectivity index (χ1n) is 19.9. The van der Waals surface area contributed by atoms with Gasteiger partial charge in [0.1, 0.15) is 17.5 Å². The van der Waals surface area contributed by atoms with E-state index in [1.54, 1.807) is 4.90 Å². The van der Waals surface area contributed by atoms with Crippen LogP contribution in [0.3, 0.4) is 0 Å². The van der Waals surface area contributed by atoms with Gasteiger partial charge in [-0.15, -0.1) is 0 Å². The van der Waals surface area contributed by atoms with Crippen molar-refractivity contribution in [3.63, 3.8) is 0 Å². The number of aromatic nitrogens is 1. The predicted octanol–water partition coefficient (Wildman–Crippen LogP) is 8.96. The fourth-order valence-electron chi connectivity index (χ4n) is 9.15. The Balaban J connectivity index is 0.799. The molecule has 2 aliphatic heterocycles. The molecule has 0 bridgehead atoms. The Morgan fingerprint density at radius 2 is 1.57 bits per heavy atom. The molecule has 3 atom stereocenters. The molecule has 8 heteroatoms. The summed E-state index contributed by atoms with van der Waals surface area (Å²) in [7, 11) is 0. The summed E-state index contributed by atoms with van der Waals surface area (Å²) in [6, 6.07) is 37.0. The number of hydrogen-bond donors (Lipinski definition) is 3. The van der Waals surface area contributed by atoms with Crippen LogP contribution >= 0.6 is 0 Å². The van der Waals surface area contributed by atoms with Crippen LogP contribution in [0, 0.1) is 0 Å². The summed E-state index contributed by atoms with van der Waals surface area (Å²) in [5, 5.41) is 13.8. The van der Waals surface area contributed by atoms with Gasteiger partial charge in [0.25, 0.3) is 5.91 Å². The highest BCUT2D eigenvalue weighted by atomic mass is 16.5. The van der Waals surface area contributed by atoms with Gasteiger partial charge in [0, 0.05) is 41.5 Å². The molecular weight excluding hydrogens is 699 g/mol. The number of aryl methyl sites for hydroxylation is 2. The zero-order valence-corrected chi connectivity index (χ0v) is 31.3. The molecule has 8 nitrogen and oxygen atoms in total. The van der Waals surface area contributed by atoms with Crippen molar-refractivity contribution in [3.8, 4) is 22.6 Å². The van der Waals surface area contributed by atoms with E-state index in [1.165, 1.54) is 33.2 Å². The van der Waals surface area contributed by atoms with E-state index in [9.17, 15) is 19.5 Å². The number of H-pyrrole nitrogens is 1. The van der Waals surface area contributed by atoms with Gasteiger partial charge < -0.3 is 19.7 Å². The van der Waals surface area contributed by atoms with Crippen molar-refractivity contribution in [2.45, 2.75) is 75.8 Å². The number of nitrogens with zero attached hydrogens (tertiary/aromatic N) is 1. The third-order valence-electron chi connectivity index (χ3n) is 12.0. The van der Waals surface area contributed by atoms with Crippen LogP contribution in [-0.2, 0) is 29.0 Å². The Labute approximate surface area is 326 Å². The molecule has 9 rings (SSSR count). The lowest BCUT2D eigenvalue weighted by Crippen LogP contribution is -2.52. The van der Waals surface area contributed by atoms with Gasteiger partial charge in [-0.3, -0.25) is 19.7 Å². The maximum absolute atomic E-state index is 13.2. The number of imide groups is 1. The summed E-state index contributed by atoms with van der Waals surface area (Å²) >= 11 is 0. The van der Waals surface area contributed by atoms with Crippen LogP contribution in [0.4, 0.5) is 0 Å². The van der Waals surface area contributed by atoms with E-state index in [2.05, 4.69) is 101 Å². The topological polar surface area (TPSA) is 112 Å². The van der Waals surface area contributed by atoms with Crippen molar-refractivity contribution < 1.29 is 24.2 Å². The number of phenols is 1. The van der Waals surface area contributed by atoms with E-state index in [0.29, 0.717) is 36.8 Å². The second-order valence-electron chi connectivity index (χ2n) is 15.5. The van der Waals surface area contributed by atoms with Crippen LogP contribution in [0.1, 0.15) is 94.1 Å². The second-order valence-corrected chi connectivity index (χ2v) is 15.5. The molecule has 3 N–H and O–H groups in total. The van der Waals surface area contributed by atoms with Crippen molar-refractivity contribution in [1.29, 1.82) is 0 Å². The largest absolute Gasteiger partial charge is 0.508 e. The standard InChI is InChI=1S/C48H45N3O5/c52-37-15-20-40-34(26-37)13-18-39(30-7-3-1-4-8-30)46(40)31-10-16-38(17-11-31)56-24-6-2-5-9-35-28-49-43-21-14-33(27-42(35)43)32-12-19-41-36(25-32)29-51(48(41)55)44-22-23-45(53)50-47(44)54/h1,3-4,7-8,10-12,14-17,19-21,25-28,39,44,46,49,52H,2,5-6,9,13,18,22-24,29H2,(H,50,53,54)/t39-,44?,46+/m1/s1. The number of carbonyl (C=O) groups is 3. The van der Waals surface area contributed by atoms with Gasteiger partial charge in [0.2, 0.25) is 11.8 Å². The number of rotatable bonds is 11. The monoisotopic (exact) mass is 743 g/mol. The quantitative estimate of drug-likeness (QED) is 0.0907. The molecule has 1 unspecified atom stereocenters. The van der Waals surface area contributed by atoms with E-state index in [0.717, 1.165) is 66.5 Å². The van der Waals surface area contributed by atoms with Gasteiger partial charge in [-0.25, -0.2) is 0 Å². The maximum Gasteiger partial charge on any atom is 0.255 e. The minimum Gasteiger partial charge on any atom is -0.508 e. The molecule has 6 aromatic rings. The van der Waals surface area contributed by atoms with Gasteiger partial charge >= 0.3 is 0 Å². The number of piperidine rings is 1. The lowest BCUT2D eigenvalue weighted by molar-refractivity contribution is -0.136. The van der Waals surface area contributed by atoms with Crippen LogP contribution in [0.15, 0.2) is 115 Å². The number of hydrogen-bond acceptors (Lipinski definition) is 5. The number of ether oxygens (including phenoxy) is 1. The third-order valence-corrected chi connectivity index (χ3v) is 12.0. The highest BCUT2D eigenvalue weighted by molar-refractivity contribution is 6.05. The number of aromatic amines is 1. The molecule has 0 radical (unpaired) electrons. The minimum atomic E-state index is -0.620. The van der Waals surface area contributed by atoms with E-state index in [4.69, 9.17) is 4.74 Å². The molecule has 3 heterocycles. The molecule has 0 spiro atoms. The smallest absolute Gasteiger partial charge is 0.255 e. The fraction of sp³-hybridized carbons (Fsp3) is 0.271. The lowest BCUT2D eigenvalue weighted by atomic mass is 9.69. The zero-order valence-electron chi connectivity index (χ0n) is 31.3. The molecule has 1 saturated heterocycles. The zero-order chi connectivity index (χ0) is 38.2. The fourth-order valence-corrected chi connectivity index (χ4v) is 9.15. The van der Waals surface area contributed by atoms with Gasteiger partial charge in [-0.1, -0.05) is 60.7 Å². The average Bonchev–Trinajstić information content (AvgIpc) is 3.78.